The maximum atomic E-state index is 13.8. The summed E-state index contributed by atoms with van der Waals surface area (Å²) in [7, 11) is 0. The quantitative estimate of drug-likeness (QED) is 0.378. The van der Waals surface area contributed by atoms with Crippen LogP contribution in [0.4, 0.5) is 11.4 Å². The minimum absolute atomic E-state index is 0.0424. The van der Waals surface area contributed by atoms with Gasteiger partial charge >= 0.3 is 0 Å². The largest absolute Gasteiger partial charge is 0.372 e. The van der Waals surface area contributed by atoms with Gasteiger partial charge in [0.15, 0.2) is 5.82 Å². The molecule has 1 aliphatic heterocycles. The van der Waals surface area contributed by atoms with Gasteiger partial charge in [-0.3, -0.25) is 4.79 Å². The lowest BCUT2D eigenvalue weighted by molar-refractivity contribution is 0.620. The first-order valence-corrected chi connectivity index (χ1v) is 13.4. The van der Waals surface area contributed by atoms with Gasteiger partial charge in [0.1, 0.15) is 5.71 Å². The van der Waals surface area contributed by atoms with Crippen LogP contribution in [0.2, 0.25) is 0 Å². The average molecular weight is 478 g/mol. The highest BCUT2D eigenvalue weighted by molar-refractivity contribution is 6.49. The van der Waals surface area contributed by atoms with Crippen molar-refractivity contribution in [1.29, 1.82) is 0 Å². The number of fused-ring (bicyclic) bond motifs is 1. The molecule has 0 saturated heterocycles. The lowest BCUT2D eigenvalue weighted by atomic mass is 9.91. The Labute approximate surface area is 211 Å². The molecule has 0 aliphatic carbocycles. The topological polar surface area (TPSA) is 62.9 Å². The third-order valence-electron chi connectivity index (χ3n) is 7.59. The van der Waals surface area contributed by atoms with E-state index in [1.54, 1.807) is 0 Å². The molecule has 0 fully saturated rings. The summed E-state index contributed by atoms with van der Waals surface area (Å²) in [6.45, 7) is 21.2. The van der Waals surface area contributed by atoms with E-state index in [4.69, 9.17) is 15.1 Å². The summed E-state index contributed by atoms with van der Waals surface area (Å²) < 4.78 is 1.52. The number of benzene rings is 1. The van der Waals surface area contributed by atoms with Crippen molar-refractivity contribution < 1.29 is 0 Å². The molecule has 35 heavy (non-hydrogen) atoms. The predicted molar refractivity (Wildman–Crippen MR) is 149 cm³/mol. The summed E-state index contributed by atoms with van der Waals surface area (Å²) >= 11 is 0. The van der Waals surface area contributed by atoms with Crippen molar-refractivity contribution in [3.63, 3.8) is 0 Å². The minimum atomic E-state index is -0.0424. The Bertz CT molecular complexity index is 1170. The first-order valence-electron chi connectivity index (χ1n) is 13.4. The van der Waals surface area contributed by atoms with Gasteiger partial charge in [-0.05, 0) is 75.6 Å². The fraction of sp³-hybridized carbons (Fsp3) is 0.586. The maximum Gasteiger partial charge on any atom is 0.278 e. The third kappa shape index (κ3) is 5.12. The summed E-state index contributed by atoms with van der Waals surface area (Å²) in [5, 5.41) is 4.82. The molecule has 6 nitrogen and oxygen atoms in total. The molecule has 190 valence electrons. The van der Waals surface area contributed by atoms with E-state index in [-0.39, 0.29) is 23.3 Å². The highest BCUT2D eigenvalue weighted by atomic mass is 16.1. The van der Waals surface area contributed by atoms with Gasteiger partial charge in [0.2, 0.25) is 0 Å². The summed E-state index contributed by atoms with van der Waals surface area (Å²) in [6.07, 6.45) is 2.73. The maximum absolute atomic E-state index is 13.8. The molecule has 2 aromatic rings. The molecule has 0 spiro atoms. The van der Waals surface area contributed by atoms with Gasteiger partial charge in [-0.15, -0.1) is 0 Å². The van der Waals surface area contributed by atoms with Gasteiger partial charge in [0.25, 0.3) is 5.56 Å². The van der Waals surface area contributed by atoms with Crippen LogP contribution in [0.25, 0.3) is 0 Å². The number of aryl methyl sites for hydroxylation is 1. The van der Waals surface area contributed by atoms with Gasteiger partial charge in [-0.25, -0.2) is 9.98 Å². The lowest BCUT2D eigenvalue weighted by Crippen LogP contribution is -2.29. The molecule has 1 aliphatic rings. The van der Waals surface area contributed by atoms with E-state index >= 15 is 0 Å². The zero-order valence-corrected chi connectivity index (χ0v) is 23.1. The van der Waals surface area contributed by atoms with Crippen molar-refractivity contribution in [1.82, 2.24) is 9.66 Å². The van der Waals surface area contributed by atoms with E-state index in [0.29, 0.717) is 5.82 Å². The van der Waals surface area contributed by atoms with Crippen LogP contribution in [-0.4, -0.2) is 34.2 Å². The van der Waals surface area contributed by atoms with Crippen LogP contribution in [0.5, 0.6) is 0 Å². The molecule has 0 bridgehead atoms. The molecule has 3 rings (SSSR count). The Morgan fingerprint density at radius 2 is 1.57 bits per heavy atom. The Kier molecular flexibility index (Phi) is 8.68. The second-order valence-electron chi connectivity index (χ2n) is 9.87. The molecular formula is C29H43N5O. The summed E-state index contributed by atoms with van der Waals surface area (Å²) in [5.41, 5.74) is 6.44. The Balaban J connectivity index is 2.25. The number of aliphatic imine (C=N–C) groups is 1. The molecule has 0 saturated carbocycles. The fourth-order valence-corrected chi connectivity index (χ4v) is 4.60. The van der Waals surface area contributed by atoms with E-state index in [1.165, 1.54) is 10.4 Å². The van der Waals surface area contributed by atoms with Gasteiger partial charge in [-0.1, -0.05) is 41.5 Å². The van der Waals surface area contributed by atoms with Crippen molar-refractivity contribution >= 4 is 22.8 Å². The van der Waals surface area contributed by atoms with Crippen molar-refractivity contribution in [2.45, 2.75) is 93.4 Å². The van der Waals surface area contributed by atoms with Crippen molar-refractivity contribution in [2.24, 2.45) is 16.0 Å². The number of aromatic nitrogens is 2. The monoisotopic (exact) mass is 477 g/mol. The number of rotatable bonds is 10. The number of hydrogen-bond donors (Lipinski definition) is 0. The molecule has 0 N–H and O–H groups in total. The highest BCUT2D eigenvalue weighted by Crippen LogP contribution is 2.30. The zero-order chi connectivity index (χ0) is 25.9. The van der Waals surface area contributed by atoms with Crippen molar-refractivity contribution in [3.8, 4) is 0 Å². The molecule has 3 atom stereocenters. The smallest absolute Gasteiger partial charge is 0.278 e. The standard InChI is InChI=1S/C29H43N5O/c1-10-18(6)24-25(19(7)11-2)31-28-27(26(20(8)12-3)32-34(28)29(24)35)30-23-16-15-22(17-21(23)9)33(13-4)14-5/h15-20H,10-14H2,1-9H3. The summed E-state index contributed by atoms with van der Waals surface area (Å²) in [5.74, 6) is 1.08. The predicted octanol–water partition coefficient (Wildman–Crippen LogP) is 6.81. The molecule has 0 amide bonds. The average Bonchev–Trinajstić information content (AvgIpc) is 3.23. The van der Waals surface area contributed by atoms with E-state index < -0.39 is 0 Å². The van der Waals surface area contributed by atoms with Gasteiger partial charge in [-0.2, -0.15) is 9.78 Å². The van der Waals surface area contributed by atoms with Crippen LogP contribution in [0.15, 0.2) is 33.1 Å². The van der Waals surface area contributed by atoms with Crippen LogP contribution in [0.1, 0.15) is 109 Å². The Hall–Kier alpha value is -2.76. The van der Waals surface area contributed by atoms with Crippen LogP contribution < -0.4 is 10.5 Å². The second kappa shape index (κ2) is 11.3. The van der Waals surface area contributed by atoms with Crippen LogP contribution in [0, 0.1) is 12.8 Å². The molecule has 6 heteroatoms. The second-order valence-corrected chi connectivity index (χ2v) is 9.87. The Morgan fingerprint density at radius 3 is 2.11 bits per heavy atom. The number of nitrogens with zero attached hydrogens (tertiary/aromatic N) is 5. The molecule has 2 heterocycles. The molecular weight excluding hydrogens is 434 g/mol. The van der Waals surface area contributed by atoms with E-state index in [9.17, 15) is 4.79 Å². The van der Waals surface area contributed by atoms with E-state index in [2.05, 4.69) is 85.4 Å². The van der Waals surface area contributed by atoms with E-state index in [0.717, 1.165) is 66.3 Å². The SMILES string of the molecule is CCC(C)C1=Nn2c(nc(C(C)CC)c(C(C)CC)c2=O)C1=Nc1ccc(N(CC)CC)cc1C. The normalized spacial score (nSPS) is 16.7. The van der Waals surface area contributed by atoms with Crippen LogP contribution >= 0.6 is 0 Å². The molecule has 1 aromatic heterocycles. The summed E-state index contributed by atoms with van der Waals surface area (Å²) in [6, 6.07) is 6.40. The third-order valence-corrected chi connectivity index (χ3v) is 7.59. The molecule has 3 unspecified atom stereocenters. The van der Waals surface area contributed by atoms with Gasteiger partial charge in [0, 0.05) is 30.3 Å². The number of anilines is 1. The van der Waals surface area contributed by atoms with E-state index in [1.807, 2.05) is 0 Å². The fourth-order valence-electron chi connectivity index (χ4n) is 4.60. The Morgan fingerprint density at radius 1 is 0.943 bits per heavy atom. The minimum Gasteiger partial charge on any atom is -0.372 e. The van der Waals surface area contributed by atoms with Crippen LogP contribution in [0.3, 0.4) is 0 Å². The number of hydrogen-bond acceptors (Lipinski definition) is 5. The zero-order valence-electron chi connectivity index (χ0n) is 23.1. The molecule has 1 aromatic carbocycles. The van der Waals surface area contributed by atoms with Gasteiger partial charge in [0.05, 0.1) is 17.1 Å². The van der Waals surface area contributed by atoms with Crippen molar-refractivity contribution in [2.75, 3.05) is 18.0 Å². The molecule has 0 radical (unpaired) electrons. The van der Waals surface area contributed by atoms with Crippen molar-refractivity contribution in [3.05, 3.63) is 51.2 Å². The highest BCUT2D eigenvalue weighted by Gasteiger charge is 2.33. The van der Waals surface area contributed by atoms with Crippen LogP contribution in [-0.2, 0) is 0 Å². The summed E-state index contributed by atoms with van der Waals surface area (Å²) in [4.78, 5) is 26.3. The first kappa shape index (κ1) is 26.8. The first-order chi connectivity index (χ1) is 16.7. The van der Waals surface area contributed by atoms with Gasteiger partial charge < -0.3 is 4.90 Å². The lowest BCUT2D eigenvalue weighted by Gasteiger charge is -2.22.